The van der Waals surface area contributed by atoms with E-state index in [4.69, 9.17) is 4.74 Å². The predicted octanol–water partition coefficient (Wildman–Crippen LogP) is 5.06. The van der Waals surface area contributed by atoms with Crippen LogP contribution in [0.25, 0.3) is 0 Å². The summed E-state index contributed by atoms with van der Waals surface area (Å²) < 4.78 is 5.56. The van der Waals surface area contributed by atoms with Crippen LogP contribution >= 0.6 is 15.9 Å². The number of para-hydroxylation sites is 2. The first-order valence-electron chi connectivity index (χ1n) is 8.53. The van der Waals surface area contributed by atoms with Gasteiger partial charge in [-0.05, 0) is 43.5 Å². The van der Waals surface area contributed by atoms with Crippen molar-refractivity contribution in [2.45, 2.75) is 36.6 Å². The van der Waals surface area contributed by atoms with Crippen molar-refractivity contribution in [3.8, 4) is 0 Å². The number of carbonyl (C=O) groups excluding carboxylic acids is 1. The Kier molecular flexibility index (Phi) is 6.23. The van der Waals surface area contributed by atoms with E-state index in [1.165, 1.54) is 12.6 Å². The average molecular weight is 401 g/mol. The molecule has 2 atom stereocenters. The van der Waals surface area contributed by atoms with Gasteiger partial charge in [-0.1, -0.05) is 58.7 Å². The van der Waals surface area contributed by atoms with Gasteiger partial charge in [0.05, 0.1) is 16.2 Å². The van der Waals surface area contributed by atoms with E-state index in [-0.39, 0.29) is 10.9 Å². The third kappa shape index (κ3) is 4.92. The van der Waals surface area contributed by atoms with Crippen molar-refractivity contribution >= 4 is 39.5 Å². The van der Waals surface area contributed by atoms with Gasteiger partial charge in [0, 0.05) is 0 Å². The van der Waals surface area contributed by atoms with Crippen LogP contribution in [-0.2, 0) is 9.53 Å². The molecule has 2 aromatic carbocycles. The number of halogens is 1. The lowest BCUT2D eigenvalue weighted by atomic mass is 9.98. The van der Waals surface area contributed by atoms with Gasteiger partial charge in [0.1, 0.15) is 12.3 Å². The fourth-order valence-corrected chi connectivity index (χ4v) is 3.59. The Morgan fingerprint density at radius 1 is 1.00 bits per heavy atom. The van der Waals surface area contributed by atoms with E-state index < -0.39 is 5.97 Å². The minimum absolute atomic E-state index is 0.0744. The summed E-state index contributed by atoms with van der Waals surface area (Å²) in [7, 11) is 0. The van der Waals surface area contributed by atoms with Gasteiger partial charge in [-0.2, -0.15) is 5.10 Å². The Morgan fingerprint density at radius 2 is 1.56 bits per heavy atom. The van der Waals surface area contributed by atoms with Crippen molar-refractivity contribution in [1.29, 1.82) is 0 Å². The Hall–Kier alpha value is -2.14. The van der Waals surface area contributed by atoms with Crippen molar-refractivity contribution in [3.05, 3.63) is 60.7 Å². The molecule has 130 valence electrons. The molecular weight excluding hydrogens is 380 g/mol. The number of alkyl halides is 1. The Morgan fingerprint density at radius 3 is 2.12 bits per heavy atom. The third-order valence-electron chi connectivity index (χ3n) is 4.17. The highest BCUT2D eigenvalue weighted by Gasteiger charge is 2.25. The zero-order chi connectivity index (χ0) is 17.5. The summed E-state index contributed by atoms with van der Waals surface area (Å²) in [5, 5.41) is 6.10. The maximum Gasteiger partial charge on any atom is 0.351 e. The summed E-state index contributed by atoms with van der Waals surface area (Å²) in [5.74, 6) is -0.409. The van der Waals surface area contributed by atoms with Crippen LogP contribution in [0.2, 0.25) is 0 Å². The van der Waals surface area contributed by atoms with Crippen LogP contribution in [0.5, 0.6) is 0 Å². The monoisotopic (exact) mass is 400 g/mol. The van der Waals surface area contributed by atoms with Gasteiger partial charge in [-0.3, -0.25) is 0 Å². The summed E-state index contributed by atoms with van der Waals surface area (Å²) in [5.41, 5.74) is 1.77. The fraction of sp³-hybridized carbons (Fsp3) is 0.300. The van der Waals surface area contributed by atoms with Crippen molar-refractivity contribution < 1.29 is 9.53 Å². The molecule has 0 bridgehead atoms. The van der Waals surface area contributed by atoms with Crippen LogP contribution in [0, 0.1) is 0 Å². The minimum Gasteiger partial charge on any atom is -0.457 e. The molecule has 0 N–H and O–H groups in total. The molecule has 1 aliphatic rings. The molecule has 4 nitrogen and oxygen atoms in total. The molecule has 0 unspecified atom stereocenters. The summed E-state index contributed by atoms with van der Waals surface area (Å²) in [6.45, 7) is 0. The molecular formula is C20H21BrN2O2. The molecule has 3 rings (SSSR count). The zero-order valence-corrected chi connectivity index (χ0v) is 15.5. The number of benzene rings is 2. The maximum atomic E-state index is 12.2. The van der Waals surface area contributed by atoms with Gasteiger partial charge in [-0.25, -0.2) is 9.80 Å². The number of hydrazone groups is 1. The Balaban J connectivity index is 1.73. The van der Waals surface area contributed by atoms with E-state index in [0.29, 0.717) is 0 Å². The first-order valence-corrected chi connectivity index (χ1v) is 9.44. The molecule has 0 aliphatic heterocycles. The highest BCUT2D eigenvalue weighted by atomic mass is 79.9. The third-order valence-corrected chi connectivity index (χ3v) is 5.22. The van der Waals surface area contributed by atoms with E-state index in [1.807, 2.05) is 60.7 Å². The largest absolute Gasteiger partial charge is 0.457 e. The van der Waals surface area contributed by atoms with E-state index in [9.17, 15) is 4.79 Å². The van der Waals surface area contributed by atoms with Gasteiger partial charge >= 0.3 is 5.97 Å². The van der Waals surface area contributed by atoms with Crippen LogP contribution < -0.4 is 5.01 Å². The van der Waals surface area contributed by atoms with Crippen LogP contribution in [0.4, 0.5) is 11.4 Å². The Labute approximate surface area is 156 Å². The molecule has 0 amide bonds. The lowest BCUT2D eigenvalue weighted by Gasteiger charge is -2.26. The summed E-state index contributed by atoms with van der Waals surface area (Å²) in [6, 6.07) is 19.5. The zero-order valence-electron chi connectivity index (χ0n) is 13.9. The molecule has 1 aliphatic carbocycles. The van der Waals surface area contributed by atoms with Crippen LogP contribution in [0.1, 0.15) is 25.7 Å². The average Bonchev–Trinajstić information content (AvgIpc) is 2.66. The molecule has 0 aromatic heterocycles. The number of nitrogens with zero attached hydrogens (tertiary/aromatic N) is 2. The second-order valence-electron chi connectivity index (χ2n) is 6.00. The summed E-state index contributed by atoms with van der Waals surface area (Å²) >= 11 is 3.60. The molecule has 1 saturated carbocycles. The summed E-state index contributed by atoms with van der Waals surface area (Å²) in [4.78, 5) is 12.4. The number of rotatable bonds is 5. The first kappa shape index (κ1) is 17.7. The molecule has 0 spiro atoms. The lowest BCUT2D eigenvalue weighted by Crippen LogP contribution is -2.31. The molecule has 0 radical (unpaired) electrons. The lowest BCUT2D eigenvalue weighted by molar-refractivity contribution is -0.141. The highest BCUT2D eigenvalue weighted by molar-refractivity contribution is 9.09. The van der Waals surface area contributed by atoms with Crippen LogP contribution in [-0.4, -0.2) is 23.1 Å². The van der Waals surface area contributed by atoms with E-state index in [0.717, 1.165) is 30.6 Å². The number of hydrogen-bond donors (Lipinski definition) is 0. The smallest absolute Gasteiger partial charge is 0.351 e. The number of anilines is 2. The molecule has 5 heteroatoms. The topological polar surface area (TPSA) is 41.9 Å². The van der Waals surface area contributed by atoms with Crippen molar-refractivity contribution in [2.75, 3.05) is 5.01 Å². The van der Waals surface area contributed by atoms with Gasteiger partial charge in [0.25, 0.3) is 0 Å². The number of carbonyl (C=O) groups is 1. The van der Waals surface area contributed by atoms with Gasteiger partial charge in [-0.15, -0.1) is 0 Å². The fourth-order valence-electron chi connectivity index (χ4n) is 2.89. The minimum atomic E-state index is -0.409. The predicted molar refractivity (Wildman–Crippen MR) is 105 cm³/mol. The van der Waals surface area contributed by atoms with Gasteiger partial charge in [0.15, 0.2) is 0 Å². The van der Waals surface area contributed by atoms with E-state index >= 15 is 0 Å². The first-order chi connectivity index (χ1) is 12.2. The van der Waals surface area contributed by atoms with Crippen molar-refractivity contribution in [1.82, 2.24) is 0 Å². The SMILES string of the molecule is O=C(/C=N/N(c1ccccc1)c1ccccc1)O[C@H]1CCCC[C@@H]1Br. The quantitative estimate of drug-likeness (QED) is 0.304. The standard InChI is InChI=1S/C20H21BrN2O2/c21-18-13-7-8-14-19(18)25-20(24)15-22-23(16-9-3-1-4-10-16)17-11-5-2-6-12-17/h1-6,9-12,15,18-19H,7-8,13-14H2/b22-15+/t18-,19-/m0/s1. The Bertz CT molecular complexity index is 667. The number of ether oxygens (including phenoxy) is 1. The normalized spacial score (nSPS) is 20.4. The molecule has 1 fully saturated rings. The molecule has 25 heavy (non-hydrogen) atoms. The number of esters is 1. The summed E-state index contributed by atoms with van der Waals surface area (Å²) in [6.07, 6.45) is 5.39. The molecule has 2 aromatic rings. The van der Waals surface area contributed by atoms with Gasteiger partial charge < -0.3 is 4.74 Å². The molecule has 0 heterocycles. The number of hydrogen-bond acceptors (Lipinski definition) is 4. The van der Waals surface area contributed by atoms with Crippen LogP contribution in [0.15, 0.2) is 65.8 Å². The second kappa shape index (κ2) is 8.81. The molecule has 0 saturated heterocycles. The van der Waals surface area contributed by atoms with E-state index in [1.54, 1.807) is 5.01 Å². The van der Waals surface area contributed by atoms with Gasteiger partial charge in [0.2, 0.25) is 0 Å². The highest BCUT2D eigenvalue weighted by Crippen LogP contribution is 2.27. The van der Waals surface area contributed by atoms with Crippen molar-refractivity contribution in [3.63, 3.8) is 0 Å². The maximum absolute atomic E-state index is 12.2. The van der Waals surface area contributed by atoms with Crippen molar-refractivity contribution in [2.24, 2.45) is 5.10 Å². The van der Waals surface area contributed by atoms with Crippen LogP contribution in [0.3, 0.4) is 0 Å². The second-order valence-corrected chi connectivity index (χ2v) is 7.18. The van der Waals surface area contributed by atoms with E-state index in [2.05, 4.69) is 21.0 Å².